The number of carboxylic acids is 2. The molecule has 65 valence electrons. The van der Waals surface area contributed by atoms with Crippen molar-refractivity contribution in [1.29, 1.82) is 0 Å². The maximum atomic E-state index is 10.2. The number of hydrogen-bond acceptors (Lipinski definition) is 2. The van der Waals surface area contributed by atoms with Gasteiger partial charge in [0.1, 0.15) is 0 Å². The third kappa shape index (κ3) is 8.04. The minimum absolute atomic E-state index is 0. The second kappa shape index (κ2) is 5.56. The van der Waals surface area contributed by atoms with Gasteiger partial charge in [-0.1, -0.05) is 13.8 Å². The second-order valence-electron chi connectivity index (χ2n) is 3.31. The topological polar surface area (TPSA) is 74.6 Å². The summed E-state index contributed by atoms with van der Waals surface area (Å²) in [6, 6.07) is 0. The van der Waals surface area contributed by atoms with Gasteiger partial charge in [0.15, 0.2) is 0 Å². The maximum absolute atomic E-state index is 10.2. The van der Waals surface area contributed by atoms with Crippen LogP contribution in [0.2, 0.25) is 0 Å². The molecule has 0 saturated carbocycles. The zero-order valence-electron chi connectivity index (χ0n) is 7.63. The zero-order chi connectivity index (χ0) is 9.07. The van der Waals surface area contributed by atoms with E-state index in [1.165, 1.54) is 0 Å². The summed E-state index contributed by atoms with van der Waals surface area (Å²) < 4.78 is 0. The monoisotopic (exact) mass is 183 g/mol. The normalized spacial score (nSPS) is 10.2. The molecule has 0 aromatic heterocycles. The molecule has 0 heterocycles. The summed E-state index contributed by atoms with van der Waals surface area (Å²) in [7, 11) is 0. The van der Waals surface area contributed by atoms with E-state index in [1.807, 2.05) is 0 Å². The molecule has 0 aromatic carbocycles. The molecule has 0 saturated heterocycles. The van der Waals surface area contributed by atoms with E-state index in [0.29, 0.717) is 0 Å². The second-order valence-corrected chi connectivity index (χ2v) is 3.31. The smallest absolute Gasteiger partial charge is 0.303 e. The molecule has 4 nitrogen and oxygen atoms in total. The average Bonchev–Trinajstić information content (AvgIpc) is 1.53. The van der Waals surface area contributed by atoms with Crippen LogP contribution in [-0.2, 0) is 9.59 Å². The minimum atomic E-state index is -0.962. The van der Waals surface area contributed by atoms with Crippen LogP contribution >= 0.6 is 0 Å². The van der Waals surface area contributed by atoms with Crippen LogP contribution in [-0.4, -0.2) is 51.7 Å². The number of rotatable bonds is 4. The Balaban J connectivity index is 0. The molecule has 2 N–H and O–H groups in total. The zero-order valence-corrected chi connectivity index (χ0v) is 9.63. The van der Waals surface area contributed by atoms with E-state index in [1.54, 1.807) is 13.8 Å². The third-order valence-corrected chi connectivity index (χ3v) is 1.26. The van der Waals surface area contributed by atoms with Crippen LogP contribution in [0.5, 0.6) is 0 Å². The van der Waals surface area contributed by atoms with Crippen LogP contribution in [0.25, 0.3) is 0 Å². The van der Waals surface area contributed by atoms with Crippen molar-refractivity contribution >= 4 is 41.5 Å². The third-order valence-electron chi connectivity index (χ3n) is 1.26. The van der Waals surface area contributed by atoms with Gasteiger partial charge in [0.25, 0.3) is 0 Å². The van der Waals surface area contributed by atoms with Gasteiger partial charge in [0.05, 0.1) is 12.8 Å². The van der Waals surface area contributed by atoms with Crippen LogP contribution in [0.4, 0.5) is 0 Å². The summed E-state index contributed by atoms with van der Waals surface area (Å²) in [6.45, 7) is 3.24. The molecule has 0 aromatic rings. The Morgan fingerprint density at radius 3 is 1.50 bits per heavy atom. The van der Waals surface area contributed by atoms with Crippen LogP contribution in [0, 0.1) is 5.41 Å². The maximum Gasteiger partial charge on any atom is 0.303 e. The molecule has 0 rings (SSSR count). The van der Waals surface area contributed by atoms with E-state index in [0.717, 1.165) is 0 Å². The van der Waals surface area contributed by atoms with Crippen LogP contribution in [0.1, 0.15) is 26.7 Å². The molecule has 12 heavy (non-hydrogen) atoms. The number of aliphatic carboxylic acids is 2. The largest absolute Gasteiger partial charge is 0.481 e. The van der Waals surface area contributed by atoms with Gasteiger partial charge in [-0.2, -0.15) is 0 Å². The van der Waals surface area contributed by atoms with Crippen molar-refractivity contribution in [2.75, 3.05) is 0 Å². The predicted molar refractivity (Wildman–Crippen MR) is 44.0 cm³/mol. The SMILES string of the molecule is CC(C)(CC(=O)O)CC(=O)O.[Na]. The molecule has 0 spiro atoms. The van der Waals surface area contributed by atoms with Crippen molar-refractivity contribution in [3.05, 3.63) is 0 Å². The van der Waals surface area contributed by atoms with Gasteiger partial charge in [-0.25, -0.2) is 0 Å². The first-order valence-corrected chi connectivity index (χ1v) is 3.27. The Bertz CT molecular complexity index is 158. The van der Waals surface area contributed by atoms with Gasteiger partial charge in [-0.3, -0.25) is 9.59 Å². The van der Waals surface area contributed by atoms with Crippen molar-refractivity contribution in [2.45, 2.75) is 26.7 Å². The Labute approximate surface area is 93.3 Å². The van der Waals surface area contributed by atoms with E-state index < -0.39 is 17.4 Å². The van der Waals surface area contributed by atoms with Crippen molar-refractivity contribution in [3.63, 3.8) is 0 Å². The van der Waals surface area contributed by atoms with Crippen LogP contribution in [0.15, 0.2) is 0 Å². The average molecular weight is 183 g/mol. The Hall–Kier alpha value is -0.0600. The van der Waals surface area contributed by atoms with Crippen molar-refractivity contribution in [3.8, 4) is 0 Å². The first-order valence-electron chi connectivity index (χ1n) is 3.27. The molecule has 0 aliphatic heterocycles. The Morgan fingerprint density at radius 2 is 1.33 bits per heavy atom. The quantitative estimate of drug-likeness (QED) is 0.625. The molecule has 0 unspecified atom stereocenters. The number of carbonyl (C=O) groups is 2. The molecule has 0 amide bonds. The first-order chi connectivity index (χ1) is 4.83. The summed E-state index contributed by atoms with van der Waals surface area (Å²) in [6.07, 6.45) is -0.224. The molecule has 0 aliphatic rings. The molecular formula is C7H12NaO4. The minimum Gasteiger partial charge on any atom is -0.481 e. The fourth-order valence-electron chi connectivity index (χ4n) is 0.881. The van der Waals surface area contributed by atoms with Crippen LogP contribution in [0.3, 0.4) is 0 Å². The van der Waals surface area contributed by atoms with Gasteiger partial charge in [-0.15, -0.1) is 0 Å². The standard InChI is InChI=1S/C7H12O4.Na/c1-7(2,3-5(8)9)4-6(10)11;/h3-4H2,1-2H3,(H,8,9)(H,10,11);. The van der Waals surface area contributed by atoms with E-state index in [-0.39, 0.29) is 42.4 Å². The first kappa shape index (κ1) is 14.5. The van der Waals surface area contributed by atoms with E-state index in [2.05, 4.69) is 0 Å². The molecule has 0 atom stereocenters. The van der Waals surface area contributed by atoms with Gasteiger partial charge >= 0.3 is 11.9 Å². The van der Waals surface area contributed by atoms with E-state index >= 15 is 0 Å². The fraction of sp³-hybridized carbons (Fsp3) is 0.714. The number of hydrogen-bond donors (Lipinski definition) is 2. The van der Waals surface area contributed by atoms with Gasteiger partial charge in [-0.05, 0) is 5.41 Å². The Morgan fingerprint density at radius 1 is 1.08 bits per heavy atom. The van der Waals surface area contributed by atoms with E-state index in [9.17, 15) is 9.59 Å². The summed E-state index contributed by atoms with van der Waals surface area (Å²) in [5.41, 5.74) is -0.655. The molecular weight excluding hydrogens is 171 g/mol. The molecule has 1 radical (unpaired) electrons. The summed E-state index contributed by atoms with van der Waals surface area (Å²) in [5.74, 6) is -1.92. The fourth-order valence-corrected chi connectivity index (χ4v) is 0.881. The predicted octanol–water partition coefficient (Wildman–Crippen LogP) is 0.581. The van der Waals surface area contributed by atoms with E-state index in [4.69, 9.17) is 10.2 Å². The summed E-state index contributed by atoms with van der Waals surface area (Å²) in [5, 5.41) is 16.7. The Kier molecular flexibility index (Phi) is 6.70. The molecule has 0 bridgehead atoms. The van der Waals surface area contributed by atoms with Crippen molar-refractivity contribution in [1.82, 2.24) is 0 Å². The number of carboxylic acid groups (broad SMARTS) is 2. The summed E-state index contributed by atoms with van der Waals surface area (Å²) in [4.78, 5) is 20.4. The van der Waals surface area contributed by atoms with Gasteiger partial charge in [0.2, 0.25) is 0 Å². The van der Waals surface area contributed by atoms with Gasteiger partial charge < -0.3 is 10.2 Å². The van der Waals surface area contributed by atoms with Gasteiger partial charge in [0, 0.05) is 29.6 Å². The molecule has 5 heteroatoms. The molecule has 0 fully saturated rings. The van der Waals surface area contributed by atoms with Crippen molar-refractivity contribution in [2.24, 2.45) is 5.41 Å². The summed E-state index contributed by atoms with van der Waals surface area (Å²) >= 11 is 0. The van der Waals surface area contributed by atoms with Crippen molar-refractivity contribution < 1.29 is 19.8 Å². The van der Waals surface area contributed by atoms with Crippen LogP contribution < -0.4 is 0 Å². The molecule has 0 aliphatic carbocycles.